The molecule has 0 N–H and O–H groups in total. The molecule has 0 bridgehead atoms. The zero-order chi connectivity index (χ0) is 67.5. The van der Waals surface area contributed by atoms with Gasteiger partial charge in [-0.1, -0.05) is 113 Å². The van der Waals surface area contributed by atoms with E-state index in [9.17, 15) is 36.9 Å². The minimum absolute atomic E-state index is 0.0414. The molecule has 2 atom stereocenters. The van der Waals surface area contributed by atoms with Gasteiger partial charge in [-0.15, -0.1) is 0 Å². The summed E-state index contributed by atoms with van der Waals surface area (Å²) in [6.45, 7) is 8.20. The van der Waals surface area contributed by atoms with E-state index >= 15 is 26.3 Å². The molecule has 4 aliphatic rings. The molecule has 0 radical (unpaired) electrons. The van der Waals surface area contributed by atoms with Crippen LogP contribution < -0.4 is 9.80 Å². The number of hydrogen-bond acceptors (Lipinski definition) is 4. The van der Waals surface area contributed by atoms with E-state index in [-0.39, 0.29) is 90.1 Å². The lowest BCUT2D eigenvalue weighted by Crippen LogP contribution is -2.36. The van der Waals surface area contributed by atoms with E-state index in [1.165, 1.54) is 9.13 Å². The quantitative estimate of drug-likeness (QED) is 0.156. The second kappa shape index (κ2) is 21.4. The Morgan fingerprint density at radius 2 is 0.688 bits per heavy atom. The molecule has 0 amide bonds. The third kappa shape index (κ3) is 9.37. The van der Waals surface area contributed by atoms with E-state index in [4.69, 9.17) is 0 Å². The summed E-state index contributed by atoms with van der Waals surface area (Å²) in [7, 11) is 0. The van der Waals surface area contributed by atoms with Gasteiger partial charge < -0.3 is 18.9 Å². The first-order chi connectivity index (χ1) is 45.6. The van der Waals surface area contributed by atoms with Gasteiger partial charge in [0.05, 0.1) is 78.2 Å². The standard InChI is InChI=1S/C78H52F12N6/c1-73(2)57-19-11-13-21-65(57)93(49-15-7-5-8-16-49)67-29-23-43(35-59(67)73)69-55(41-91)71(95-61-31-25-45(75(79,80)81)37-51(61)52-38-46(76(82,83)84)26-32-62(52)95)56(42-92)70(44-24-30-68-60(36-44)74(3,4)58-20-12-14-22-66(58)94(68)50-17-9-6-10-18-50)72(69)96-63-33-27-47(77(85,86)87)39-53(63)54-40-48(78(88,89)90)28-34-64(54)96/h5-34,37-40,43-44H,35-36H2,1-4H3. The van der Waals surface area contributed by atoms with E-state index in [0.717, 1.165) is 129 Å². The summed E-state index contributed by atoms with van der Waals surface area (Å²) >= 11 is 0. The molecule has 0 saturated heterocycles. The van der Waals surface area contributed by atoms with Crippen molar-refractivity contribution >= 4 is 66.4 Å². The Morgan fingerprint density at radius 1 is 0.385 bits per heavy atom. The highest BCUT2D eigenvalue weighted by Gasteiger charge is 2.46. The van der Waals surface area contributed by atoms with Crippen molar-refractivity contribution in [3.8, 4) is 23.5 Å². The molecule has 9 aromatic carbocycles. The molecule has 2 aliphatic heterocycles. The molecule has 0 saturated carbocycles. The summed E-state index contributed by atoms with van der Waals surface area (Å²) in [6.07, 6.45) is -12.3. The molecule has 6 nitrogen and oxygen atoms in total. The topological polar surface area (TPSA) is 63.9 Å². The Balaban J connectivity index is 1.12. The van der Waals surface area contributed by atoms with Gasteiger partial charge in [-0.05, 0) is 156 Å². The largest absolute Gasteiger partial charge is 0.416 e. The van der Waals surface area contributed by atoms with Crippen molar-refractivity contribution in [2.24, 2.45) is 0 Å². The summed E-state index contributed by atoms with van der Waals surface area (Å²) < 4.78 is 184. The van der Waals surface area contributed by atoms with E-state index in [1.807, 2.05) is 161 Å². The highest BCUT2D eigenvalue weighted by atomic mass is 19.4. The van der Waals surface area contributed by atoms with Crippen LogP contribution in [0.2, 0.25) is 0 Å². The summed E-state index contributed by atoms with van der Waals surface area (Å²) in [5.41, 5.74) is 1.05. The Hall–Kier alpha value is -10.7. The molecule has 4 heterocycles. The van der Waals surface area contributed by atoms with Crippen molar-refractivity contribution in [2.45, 2.75) is 87.9 Å². The van der Waals surface area contributed by atoms with Gasteiger partial charge in [-0.2, -0.15) is 63.2 Å². The third-order valence-corrected chi connectivity index (χ3v) is 19.9. The van der Waals surface area contributed by atoms with Crippen LogP contribution in [-0.4, -0.2) is 9.13 Å². The first-order valence-electron chi connectivity index (χ1n) is 30.8. The molecule has 11 aromatic rings. The molecular weight excluding hydrogens is 1250 g/mol. The lowest BCUT2D eigenvalue weighted by atomic mass is 9.66. The molecule has 18 heteroatoms. The first-order valence-corrected chi connectivity index (χ1v) is 30.8. The minimum Gasteiger partial charge on any atom is -0.310 e. The van der Waals surface area contributed by atoms with Crippen LogP contribution in [0.1, 0.15) is 108 Å². The monoisotopic (exact) mass is 1300 g/mol. The van der Waals surface area contributed by atoms with Gasteiger partial charge >= 0.3 is 24.7 Å². The molecule has 15 rings (SSSR count). The lowest BCUT2D eigenvalue weighted by molar-refractivity contribution is -0.138. The van der Waals surface area contributed by atoms with E-state index < -0.39 is 69.6 Å². The number of para-hydroxylation sites is 4. The summed E-state index contributed by atoms with van der Waals surface area (Å²) in [6, 6.07) is 50.3. The van der Waals surface area contributed by atoms with E-state index in [2.05, 4.69) is 21.9 Å². The molecule has 0 fully saturated rings. The van der Waals surface area contributed by atoms with E-state index in [0.29, 0.717) is 0 Å². The number of halogens is 12. The predicted octanol–water partition coefficient (Wildman–Crippen LogP) is 22.6. The van der Waals surface area contributed by atoms with Crippen molar-refractivity contribution in [2.75, 3.05) is 9.80 Å². The second-order valence-electron chi connectivity index (χ2n) is 25.8. The van der Waals surface area contributed by atoms with E-state index in [1.54, 1.807) is 0 Å². The van der Waals surface area contributed by atoms with Crippen LogP contribution in [0, 0.1) is 22.7 Å². The number of aromatic nitrogens is 2. The third-order valence-electron chi connectivity index (χ3n) is 19.9. The van der Waals surface area contributed by atoms with Crippen molar-refractivity contribution in [3.63, 3.8) is 0 Å². The molecule has 2 aliphatic carbocycles. The van der Waals surface area contributed by atoms with Crippen LogP contribution in [-0.2, 0) is 35.5 Å². The number of rotatable bonds is 6. The van der Waals surface area contributed by atoms with Gasteiger partial charge in [0.1, 0.15) is 12.1 Å². The Bertz CT molecular complexity index is 5020. The number of alkyl halides is 12. The zero-order valence-corrected chi connectivity index (χ0v) is 51.4. The summed E-state index contributed by atoms with van der Waals surface area (Å²) in [4.78, 5) is 4.22. The van der Waals surface area contributed by atoms with Gasteiger partial charge in [0.25, 0.3) is 0 Å². The predicted molar refractivity (Wildman–Crippen MR) is 348 cm³/mol. The van der Waals surface area contributed by atoms with Crippen LogP contribution in [0.3, 0.4) is 0 Å². The SMILES string of the molecule is CC1(C)C2=C(C=CC(c3c(C#N)c(-n4c5ccc(C(F)(F)F)cc5c5cc(C(F)(F)F)ccc54)c(C#N)c(C4C=CC5=C(C4)C(C)(C)c4ccccc4N5c4ccccc4)c3-n3c4ccc(C(F)(F)F)cc4c4cc(C(F)(F)F)ccc43)C2)N(c2ccccc2)c2ccccc21. The van der Waals surface area contributed by atoms with Crippen LogP contribution in [0.25, 0.3) is 55.0 Å². The van der Waals surface area contributed by atoms with Gasteiger partial charge in [-0.3, -0.25) is 0 Å². The fraction of sp³-hybridized carbons (Fsp3) is 0.179. The number of hydrogen-bond donors (Lipinski definition) is 0. The number of fused-ring (bicyclic) bond motifs is 8. The summed E-state index contributed by atoms with van der Waals surface area (Å²) in [5, 5.41) is 23.9. The van der Waals surface area contributed by atoms with Gasteiger partial charge in [-0.25, -0.2) is 0 Å². The maximum Gasteiger partial charge on any atom is 0.416 e. The van der Waals surface area contributed by atoms with Gasteiger partial charge in [0.2, 0.25) is 0 Å². The van der Waals surface area contributed by atoms with Crippen molar-refractivity contribution in [3.05, 3.63) is 284 Å². The molecule has 2 aromatic heterocycles. The molecule has 2 unspecified atom stereocenters. The average Bonchev–Trinajstić information content (AvgIpc) is 1.23. The fourth-order valence-electron chi connectivity index (χ4n) is 15.5. The zero-order valence-electron chi connectivity index (χ0n) is 51.4. The normalized spacial score (nSPS) is 17.6. The van der Waals surface area contributed by atoms with Crippen molar-refractivity contribution < 1.29 is 52.7 Å². The average molecular weight is 1300 g/mol. The van der Waals surface area contributed by atoms with Crippen molar-refractivity contribution in [1.29, 1.82) is 10.5 Å². The lowest BCUT2D eigenvalue weighted by Gasteiger charge is -2.46. The van der Waals surface area contributed by atoms with Gasteiger partial charge in [0, 0.05) is 78.1 Å². The summed E-state index contributed by atoms with van der Waals surface area (Å²) in [5.74, 6) is -2.01. The first kappa shape index (κ1) is 61.5. The number of benzene rings is 9. The number of nitriles is 2. The van der Waals surface area contributed by atoms with Crippen molar-refractivity contribution in [1.82, 2.24) is 9.13 Å². The molecule has 478 valence electrons. The van der Waals surface area contributed by atoms with Crippen LogP contribution in [0.15, 0.2) is 229 Å². The Morgan fingerprint density at radius 3 is 1.00 bits per heavy atom. The maximum atomic E-state index is 15.1. The van der Waals surface area contributed by atoms with Gasteiger partial charge in [0.15, 0.2) is 0 Å². The minimum atomic E-state index is -5.00. The Kier molecular flexibility index (Phi) is 13.7. The number of nitrogens with zero attached hydrogens (tertiary/aromatic N) is 6. The van der Waals surface area contributed by atoms with Crippen LogP contribution in [0.4, 0.5) is 75.4 Å². The smallest absolute Gasteiger partial charge is 0.310 e. The van der Waals surface area contributed by atoms with Crippen LogP contribution >= 0.6 is 0 Å². The molecule has 96 heavy (non-hydrogen) atoms. The van der Waals surface area contributed by atoms with Crippen LogP contribution in [0.5, 0.6) is 0 Å². The highest BCUT2D eigenvalue weighted by Crippen LogP contribution is 2.59. The molecule has 0 spiro atoms. The second-order valence-corrected chi connectivity index (χ2v) is 25.8. The number of anilines is 4. The maximum absolute atomic E-state index is 15.1. The molecular formula is C78H52F12N6. The Labute approximate surface area is 542 Å². The highest BCUT2D eigenvalue weighted by molar-refractivity contribution is 6.12. The fourth-order valence-corrected chi connectivity index (χ4v) is 15.5. The number of allylic oxidation sites excluding steroid dienone is 6.